The lowest BCUT2D eigenvalue weighted by Crippen LogP contribution is -2.39. The molecule has 1 aliphatic rings. The summed E-state index contributed by atoms with van der Waals surface area (Å²) >= 11 is 14.1. The van der Waals surface area contributed by atoms with Crippen molar-refractivity contribution in [2.45, 2.75) is 24.5 Å². The summed E-state index contributed by atoms with van der Waals surface area (Å²) in [5, 5.41) is 3.00. The zero-order valence-corrected chi connectivity index (χ0v) is 16.4. The van der Waals surface area contributed by atoms with Crippen LogP contribution in [0.2, 0.25) is 10.0 Å². The Hall–Kier alpha value is -1.57. The van der Waals surface area contributed by atoms with E-state index in [-0.39, 0.29) is 11.7 Å². The number of amides is 2. The Labute approximate surface area is 168 Å². The number of anilines is 1. The molecule has 0 bridgehead atoms. The fourth-order valence-electron chi connectivity index (χ4n) is 2.86. The third-order valence-electron chi connectivity index (χ3n) is 4.15. The fourth-order valence-corrected chi connectivity index (χ4v) is 5.10. The topological polar surface area (TPSA) is 32.3 Å². The van der Waals surface area contributed by atoms with Gasteiger partial charge in [0.2, 0.25) is 0 Å². The van der Waals surface area contributed by atoms with Gasteiger partial charge in [0.05, 0.1) is 5.56 Å². The number of benzene rings is 2. The van der Waals surface area contributed by atoms with E-state index in [0.29, 0.717) is 21.4 Å². The standard InChI is InChI=1S/C18H15Cl2F3N2OS/c1-10-9-27-16(15-13(19)6-3-7-14(15)20)25(10)17(26)24-12-5-2-4-11(8-12)18(21,22)23/h2-8,10,16H,9H2,1H3,(H,24,26). The van der Waals surface area contributed by atoms with Gasteiger partial charge in [-0.1, -0.05) is 35.3 Å². The van der Waals surface area contributed by atoms with Crippen LogP contribution in [-0.2, 0) is 6.18 Å². The van der Waals surface area contributed by atoms with Gasteiger partial charge < -0.3 is 10.2 Å². The van der Waals surface area contributed by atoms with Gasteiger partial charge in [0.25, 0.3) is 0 Å². The van der Waals surface area contributed by atoms with Crippen LogP contribution in [0.1, 0.15) is 23.4 Å². The van der Waals surface area contributed by atoms with Gasteiger partial charge in [-0.25, -0.2) is 4.79 Å². The molecule has 1 fully saturated rings. The first-order chi connectivity index (χ1) is 12.7. The zero-order chi connectivity index (χ0) is 19.8. The van der Waals surface area contributed by atoms with Crippen LogP contribution in [0.5, 0.6) is 0 Å². The Morgan fingerprint density at radius 2 is 1.81 bits per heavy atom. The Bertz CT molecular complexity index is 842. The number of halogens is 5. The normalized spacial score (nSPS) is 20.0. The monoisotopic (exact) mass is 434 g/mol. The second-order valence-electron chi connectivity index (χ2n) is 6.09. The molecule has 0 radical (unpaired) electrons. The van der Waals surface area contributed by atoms with E-state index in [9.17, 15) is 18.0 Å². The van der Waals surface area contributed by atoms with Crippen LogP contribution in [0.25, 0.3) is 0 Å². The van der Waals surface area contributed by atoms with Crippen molar-refractivity contribution in [3.8, 4) is 0 Å². The first kappa shape index (κ1) is 20.2. The number of nitrogens with zero attached hydrogens (tertiary/aromatic N) is 1. The molecule has 0 aliphatic carbocycles. The number of alkyl halides is 3. The molecule has 0 spiro atoms. The number of hydrogen-bond donors (Lipinski definition) is 1. The summed E-state index contributed by atoms with van der Waals surface area (Å²) < 4.78 is 38.7. The maximum absolute atomic E-state index is 12.9. The highest BCUT2D eigenvalue weighted by Gasteiger charge is 2.38. The quantitative estimate of drug-likeness (QED) is 0.571. The highest BCUT2D eigenvalue weighted by molar-refractivity contribution is 7.99. The summed E-state index contributed by atoms with van der Waals surface area (Å²) in [5.74, 6) is 0.655. The fraction of sp³-hybridized carbons (Fsp3) is 0.278. The highest BCUT2D eigenvalue weighted by Crippen LogP contribution is 2.46. The number of hydrogen-bond acceptors (Lipinski definition) is 2. The van der Waals surface area contributed by atoms with Gasteiger partial charge in [-0.05, 0) is 37.3 Å². The van der Waals surface area contributed by atoms with E-state index in [0.717, 1.165) is 12.1 Å². The van der Waals surface area contributed by atoms with Crippen molar-refractivity contribution in [2.75, 3.05) is 11.1 Å². The summed E-state index contributed by atoms with van der Waals surface area (Å²) in [6.45, 7) is 1.86. The van der Waals surface area contributed by atoms with Crippen molar-refractivity contribution in [1.29, 1.82) is 0 Å². The maximum Gasteiger partial charge on any atom is 0.416 e. The molecule has 2 unspecified atom stereocenters. The van der Waals surface area contributed by atoms with Crippen LogP contribution in [0.15, 0.2) is 42.5 Å². The number of rotatable bonds is 2. The summed E-state index contributed by atoms with van der Waals surface area (Å²) in [6, 6.07) is 8.97. The van der Waals surface area contributed by atoms with E-state index in [1.807, 2.05) is 6.92 Å². The Kier molecular flexibility index (Phi) is 5.84. The third kappa shape index (κ3) is 4.31. The summed E-state index contributed by atoms with van der Waals surface area (Å²) in [6.07, 6.45) is -4.48. The second kappa shape index (κ2) is 7.81. The van der Waals surface area contributed by atoms with Crippen LogP contribution in [0.4, 0.5) is 23.7 Å². The lowest BCUT2D eigenvalue weighted by Gasteiger charge is -2.29. The van der Waals surface area contributed by atoms with E-state index in [2.05, 4.69) is 5.32 Å². The SMILES string of the molecule is CC1CSC(c2c(Cl)cccc2Cl)N1C(=O)Nc1cccc(C(F)(F)F)c1. The molecule has 2 atom stereocenters. The van der Waals surface area contributed by atoms with Crippen LogP contribution >= 0.6 is 35.0 Å². The predicted octanol–water partition coefficient (Wildman–Crippen LogP) is 6.68. The minimum absolute atomic E-state index is 0.0722. The summed E-state index contributed by atoms with van der Waals surface area (Å²) in [5.41, 5.74) is -0.132. The molecular weight excluding hydrogens is 420 g/mol. The molecule has 2 aromatic rings. The van der Waals surface area contributed by atoms with E-state index >= 15 is 0 Å². The molecule has 1 heterocycles. The Morgan fingerprint density at radius 1 is 1.19 bits per heavy atom. The highest BCUT2D eigenvalue weighted by atomic mass is 35.5. The smallest absolute Gasteiger partial charge is 0.308 e. The zero-order valence-electron chi connectivity index (χ0n) is 14.1. The molecule has 1 saturated heterocycles. The molecule has 1 N–H and O–H groups in total. The van der Waals surface area contributed by atoms with Crippen LogP contribution in [-0.4, -0.2) is 22.7 Å². The predicted molar refractivity (Wildman–Crippen MR) is 103 cm³/mol. The van der Waals surface area contributed by atoms with Crippen molar-refractivity contribution in [3.63, 3.8) is 0 Å². The van der Waals surface area contributed by atoms with Crippen LogP contribution < -0.4 is 5.32 Å². The number of carbonyl (C=O) groups is 1. The van der Waals surface area contributed by atoms with Gasteiger partial charge >= 0.3 is 12.2 Å². The van der Waals surface area contributed by atoms with E-state index in [1.54, 1.807) is 23.1 Å². The first-order valence-corrected chi connectivity index (χ1v) is 9.81. The minimum Gasteiger partial charge on any atom is -0.308 e. The molecule has 0 saturated carbocycles. The summed E-state index contributed by atoms with van der Waals surface area (Å²) in [4.78, 5) is 14.4. The van der Waals surface area contributed by atoms with Gasteiger partial charge in [-0.15, -0.1) is 11.8 Å². The van der Waals surface area contributed by atoms with E-state index in [1.165, 1.54) is 23.9 Å². The Morgan fingerprint density at radius 3 is 2.44 bits per heavy atom. The summed E-state index contributed by atoms with van der Waals surface area (Å²) in [7, 11) is 0. The molecule has 2 amide bonds. The van der Waals surface area contributed by atoms with Gasteiger partial charge in [0.1, 0.15) is 5.37 Å². The van der Waals surface area contributed by atoms with Crippen molar-refractivity contribution in [3.05, 3.63) is 63.6 Å². The largest absolute Gasteiger partial charge is 0.416 e. The van der Waals surface area contributed by atoms with Crippen molar-refractivity contribution in [1.82, 2.24) is 4.90 Å². The average molecular weight is 435 g/mol. The third-order valence-corrected chi connectivity index (χ3v) is 6.26. The first-order valence-electron chi connectivity index (χ1n) is 8.00. The van der Waals surface area contributed by atoms with Gasteiger partial charge in [-0.3, -0.25) is 0 Å². The molecular formula is C18H15Cl2F3N2OS. The van der Waals surface area contributed by atoms with Gasteiger partial charge in [0, 0.05) is 33.1 Å². The van der Waals surface area contributed by atoms with Crippen LogP contribution in [0, 0.1) is 0 Å². The number of nitrogens with one attached hydrogen (secondary N) is 1. The van der Waals surface area contributed by atoms with Crippen LogP contribution in [0.3, 0.4) is 0 Å². The van der Waals surface area contributed by atoms with E-state index < -0.39 is 23.1 Å². The number of urea groups is 1. The van der Waals surface area contributed by atoms with Crippen molar-refractivity contribution >= 4 is 46.7 Å². The van der Waals surface area contributed by atoms with Gasteiger partial charge in [0.15, 0.2) is 0 Å². The lowest BCUT2D eigenvalue weighted by molar-refractivity contribution is -0.137. The second-order valence-corrected chi connectivity index (χ2v) is 8.01. The molecule has 3 rings (SSSR count). The molecule has 1 aliphatic heterocycles. The molecule has 0 aromatic heterocycles. The molecule has 2 aromatic carbocycles. The average Bonchev–Trinajstić information content (AvgIpc) is 2.95. The number of carbonyl (C=O) groups excluding carboxylic acids is 1. The molecule has 144 valence electrons. The number of thioether (sulfide) groups is 1. The molecule has 3 nitrogen and oxygen atoms in total. The van der Waals surface area contributed by atoms with Crippen molar-refractivity contribution < 1.29 is 18.0 Å². The Balaban J connectivity index is 1.87. The van der Waals surface area contributed by atoms with Crippen molar-refractivity contribution in [2.24, 2.45) is 0 Å². The molecule has 9 heteroatoms. The minimum atomic E-state index is -4.48. The molecule has 27 heavy (non-hydrogen) atoms. The lowest BCUT2D eigenvalue weighted by atomic mass is 10.1. The van der Waals surface area contributed by atoms with E-state index in [4.69, 9.17) is 23.2 Å². The van der Waals surface area contributed by atoms with Gasteiger partial charge in [-0.2, -0.15) is 13.2 Å². The maximum atomic E-state index is 12.9.